The number of carbonyl (C=O) groups is 1. The Balaban J connectivity index is 1.70. The summed E-state index contributed by atoms with van der Waals surface area (Å²) in [5.41, 5.74) is 0.507. The van der Waals surface area contributed by atoms with Crippen molar-refractivity contribution in [3.05, 3.63) is 17.8 Å². The molecule has 2 fully saturated rings. The number of rotatable bonds is 2. The number of aromatic nitrogens is 1. The van der Waals surface area contributed by atoms with E-state index >= 15 is 0 Å². The average molecular weight is 263 g/mol. The number of nitrogens with one attached hydrogen (secondary N) is 1. The van der Waals surface area contributed by atoms with Crippen molar-refractivity contribution in [3.63, 3.8) is 0 Å². The molecule has 0 spiro atoms. The highest BCUT2D eigenvalue weighted by Gasteiger charge is 2.32. The van der Waals surface area contributed by atoms with Gasteiger partial charge in [0.15, 0.2) is 12.1 Å². The normalized spacial score (nSPS) is 27.1. The van der Waals surface area contributed by atoms with Gasteiger partial charge in [0.25, 0.3) is 5.91 Å². The van der Waals surface area contributed by atoms with Gasteiger partial charge in [-0.1, -0.05) is 6.92 Å². The van der Waals surface area contributed by atoms with Crippen LogP contribution in [0.3, 0.4) is 0 Å². The van der Waals surface area contributed by atoms with Crippen molar-refractivity contribution in [3.8, 4) is 0 Å². The predicted octanol–water partition coefficient (Wildman–Crippen LogP) is 1.31. The summed E-state index contributed by atoms with van der Waals surface area (Å²) < 4.78 is 5.26. The first kappa shape index (κ1) is 12.7. The van der Waals surface area contributed by atoms with Crippen LogP contribution in [0.15, 0.2) is 10.8 Å². The second-order valence-corrected chi connectivity index (χ2v) is 5.53. The lowest BCUT2D eigenvalue weighted by atomic mass is 9.92. The van der Waals surface area contributed by atoms with Gasteiger partial charge in [0.05, 0.1) is 0 Å². The highest BCUT2D eigenvalue weighted by atomic mass is 16.3. The zero-order chi connectivity index (χ0) is 13.2. The molecule has 0 aromatic carbocycles. The average Bonchev–Trinajstić information content (AvgIpc) is 3.03. The standard InChI is InChI=1S/C14H21N3O2/c1-2-12-13(16-9-19-12)14(18)17-5-3-10-7-15-8-11(10)4-6-17/h9-11,15H,2-8H2,1H3/t10-,11+. The van der Waals surface area contributed by atoms with Gasteiger partial charge < -0.3 is 14.6 Å². The minimum absolute atomic E-state index is 0.0403. The first-order chi connectivity index (χ1) is 9.29. The molecule has 2 atom stereocenters. The molecule has 0 saturated carbocycles. The molecule has 1 aromatic rings. The third-order valence-corrected chi connectivity index (χ3v) is 4.47. The van der Waals surface area contributed by atoms with E-state index in [1.165, 1.54) is 6.39 Å². The summed E-state index contributed by atoms with van der Waals surface area (Å²) in [5, 5.41) is 3.45. The molecule has 2 aliphatic heterocycles. The van der Waals surface area contributed by atoms with Gasteiger partial charge in [-0.3, -0.25) is 4.79 Å². The number of amides is 1. The second kappa shape index (κ2) is 5.33. The molecule has 1 N–H and O–H groups in total. The molecule has 0 unspecified atom stereocenters. The fourth-order valence-corrected chi connectivity index (χ4v) is 3.27. The number of aryl methyl sites for hydroxylation is 1. The summed E-state index contributed by atoms with van der Waals surface area (Å²) in [5.74, 6) is 2.22. The van der Waals surface area contributed by atoms with E-state index in [0.717, 1.165) is 50.9 Å². The number of carbonyl (C=O) groups excluding carboxylic acids is 1. The topological polar surface area (TPSA) is 58.4 Å². The van der Waals surface area contributed by atoms with Crippen LogP contribution in [0.25, 0.3) is 0 Å². The van der Waals surface area contributed by atoms with Crippen LogP contribution in [0.5, 0.6) is 0 Å². The molecule has 2 aliphatic rings. The van der Waals surface area contributed by atoms with Crippen LogP contribution in [-0.2, 0) is 6.42 Å². The molecule has 3 rings (SSSR count). The monoisotopic (exact) mass is 263 g/mol. The highest BCUT2D eigenvalue weighted by molar-refractivity contribution is 5.93. The van der Waals surface area contributed by atoms with Gasteiger partial charge in [0.2, 0.25) is 0 Å². The first-order valence-corrected chi connectivity index (χ1v) is 7.22. The molecular formula is C14H21N3O2. The zero-order valence-corrected chi connectivity index (χ0v) is 11.4. The maximum Gasteiger partial charge on any atom is 0.276 e. The largest absolute Gasteiger partial charge is 0.448 e. The number of nitrogens with zero attached hydrogens (tertiary/aromatic N) is 2. The zero-order valence-electron chi connectivity index (χ0n) is 11.4. The lowest BCUT2D eigenvalue weighted by Gasteiger charge is -2.20. The van der Waals surface area contributed by atoms with Gasteiger partial charge in [0, 0.05) is 19.5 Å². The van der Waals surface area contributed by atoms with E-state index in [9.17, 15) is 4.79 Å². The van der Waals surface area contributed by atoms with Crippen molar-refractivity contribution in [1.82, 2.24) is 15.2 Å². The van der Waals surface area contributed by atoms with Crippen LogP contribution in [0, 0.1) is 11.8 Å². The number of hydrogen-bond donors (Lipinski definition) is 1. The summed E-state index contributed by atoms with van der Waals surface area (Å²) in [6.07, 6.45) is 4.29. The number of likely N-dealkylation sites (tertiary alicyclic amines) is 1. The van der Waals surface area contributed by atoms with E-state index in [2.05, 4.69) is 10.3 Å². The minimum Gasteiger partial charge on any atom is -0.448 e. The van der Waals surface area contributed by atoms with Gasteiger partial charge >= 0.3 is 0 Å². The summed E-state index contributed by atoms with van der Waals surface area (Å²) >= 11 is 0. The second-order valence-electron chi connectivity index (χ2n) is 5.53. The molecule has 1 amide bonds. The van der Waals surface area contributed by atoms with E-state index < -0.39 is 0 Å². The van der Waals surface area contributed by atoms with Gasteiger partial charge in [-0.15, -0.1) is 0 Å². The Kier molecular flexibility index (Phi) is 3.55. The van der Waals surface area contributed by atoms with Gasteiger partial charge in [0.1, 0.15) is 5.76 Å². The third-order valence-electron chi connectivity index (χ3n) is 4.47. The fourth-order valence-electron chi connectivity index (χ4n) is 3.27. The van der Waals surface area contributed by atoms with E-state index in [1.807, 2.05) is 11.8 Å². The van der Waals surface area contributed by atoms with Crippen LogP contribution >= 0.6 is 0 Å². The molecule has 5 nitrogen and oxygen atoms in total. The number of hydrogen-bond acceptors (Lipinski definition) is 4. The van der Waals surface area contributed by atoms with E-state index in [-0.39, 0.29) is 5.91 Å². The van der Waals surface area contributed by atoms with Crippen molar-refractivity contribution >= 4 is 5.91 Å². The Hall–Kier alpha value is -1.36. The van der Waals surface area contributed by atoms with Gasteiger partial charge in [-0.05, 0) is 37.8 Å². The number of fused-ring (bicyclic) bond motifs is 1. The minimum atomic E-state index is 0.0403. The van der Waals surface area contributed by atoms with E-state index in [4.69, 9.17) is 4.42 Å². The van der Waals surface area contributed by atoms with Crippen LogP contribution in [-0.4, -0.2) is 42.0 Å². The summed E-state index contributed by atoms with van der Waals surface area (Å²) in [4.78, 5) is 18.5. The molecule has 2 saturated heterocycles. The smallest absolute Gasteiger partial charge is 0.276 e. The molecular weight excluding hydrogens is 242 g/mol. The summed E-state index contributed by atoms with van der Waals surface area (Å²) in [7, 11) is 0. The van der Waals surface area contributed by atoms with Gasteiger partial charge in [-0.2, -0.15) is 0 Å². The highest BCUT2D eigenvalue weighted by Crippen LogP contribution is 2.27. The lowest BCUT2D eigenvalue weighted by Crippen LogP contribution is -2.33. The lowest BCUT2D eigenvalue weighted by molar-refractivity contribution is 0.0751. The molecule has 0 bridgehead atoms. The van der Waals surface area contributed by atoms with Crippen molar-refractivity contribution in [2.45, 2.75) is 26.2 Å². The SMILES string of the molecule is CCc1ocnc1C(=O)N1CC[C@@H]2CNC[C@@H]2CC1. The van der Waals surface area contributed by atoms with Crippen LogP contribution in [0.4, 0.5) is 0 Å². The third kappa shape index (κ3) is 2.39. The Labute approximate surface area is 113 Å². The van der Waals surface area contributed by atoms with Crippen LogP contribution < -0.4 is 5.32 Å². The quantitative estimate of drug-likeness (QED) is 0.874. The summed E-state index contributed by atoms with van der Waals surface area (Å²) in [6.45, 7) is 5.89. The Morgan fingerprint density at radius 1 is 1.42 bits per heavy atom. The molecule has 0 radical (unpaired) electrons. The van der Waals surface area contributed by atoms with Crippen LogP contribution in [0.2, 0.25) is 0 Å². The van der Waals surface area contributed by atoms with Crippen molar-refractivity contribution in [2.75, 3.05) is 26.2 Å². The molecule has 0 aliphatic carbocycles. The predicted molar refractivity (Wildman–Crippen MR) is 70.9 cm³/mol. The number of oxazole rings is 1. The molecule has 5 heteroatoms. The molecule has 1 aromatic heterocycles. The Morgan fingerprint density at radius 2 is 2.11 bits per heavy atom. The van der Waals surface area contributed by atoms with E-state index in [1.54, 1.807) is 0 Å². The molecule has 3 heterocycles. The Morgan fingerprint density at radius 3 is 2.74 bits per heavy atom. The van der Waals surface area contributed by atoms with Crippen molar-refractivity contribution < 1.29 is 9.21 Å². The maximum atomic E-state index is 12.5. The molecule has 104 valence electrons. The first-order valence-electron chi connectivity index (χ1n) is 7.22. The fraction of sp³-hybridized carbons (Fsp3) is 0.714. The molecule has 19 heavy (non-hydrogen) atoms. The van der Waals surface area contributed by atoms with E-state index in [0.29, 0.717) is 17.9 Å². The van der Waals surface area contributed by atoms with Crippen molar-refractivity contribution in [1.29, 1.82) is 0 Å². The van der Waals surface area contributed by atoms with Crippen LogP contribution in [0.1, 0.15) is 36.0 Å². The maximum absolute atomic E-state index is 12.5. The summed E-state index contributed by atoms with van der Waals surface area (Å²) in [6, 6.07) is 0. The van der Waals surface area contributed by atoms with Crippen molar-refractivity contribution in [2.24, 2.45) is 11.8 Å². The Bertz CT molecular complexity index is 443. The van der Waals surface area contributed by atoms with Gasteiger partial charge in [-0.25, -0.2) is 4.98 Å².